The van der Waals surface area contributed by atoms with E-state index in [0.29, 0.717) is 5.11 Å². The fourth-order valence-electron chi connectivity index (χ4n) is 2.13. The molecule has 0 aliphatic carbocycles. The topological polar surface area (TPSA) is 33.3 Å². The molecule has 0 spiro atoms. The van der Waals surface area contributed by atoms with E-state index in [0.717, 1.165) is 41.4 Å². The number of hydrogen-bond acceptors (Lipinski definition) is 2. The van der Waals surface area contributed by atoms with Gasteiger partial charge in [-0.2, -0.15) is 0 Å². The molecule has 2 N–H and O–H groups in total. The van der Waals surface area contributed by atoms with Crippen LogP contribution in [0.4, 0.5) is 5.69 Å². The summed E-state index contributed by atoms with van der Waals surface area (Å²) in [6, 6.07) is 13.9. The highest BCUT2D eigenvalue weighted by molar-refractivity contribution is 7.80. The normalized spacial score (nSPS) is 10.2. The molecule has 0 atom stereocenters. The fourth-order valence-corrected chi connectivity index (χ4v) is 2.53. The Bertz CT molecular complexity index is 659. The number of halogens is 1. The molecule has 0 bridgehead atoms. The molecule has 23 heavy (non-hydrogen) atoms. The molecular formula is C18H21ClN2OS. The molecule has 3 nitrogen and oxygen atoms in total. The number of thiocarbonyl (C=S) groups is 1. The zero-order valence-corrected chi connectivity index (χ0v) is 14.9. The highest BCUT2D eigenvalue weighted by Crippen LogP contribution is 2.19. The molecule has 0 saturated carbocycles. The molecule has 2 rings (SSSR count). The summed E-state index contributed by atoms with van der Waals surface area (Å²) in [5.74, 6) is 0.883. The van der Waals surface area contributed by atoms with Crippen LogP contribution in [0.1, 0.15) is 17.5 Å². The maximum absolute atomic E-state index is 6.10. The van der Waals surface area contributed by atoms with Crippen molar-refractivity contribution in [1.82, 2.24) is 5.32 Å². The van der Waals surface area contributed by atoms with Crippen LogP contribution in [0, 0.1) is 6.92 Å². The third-order valence-corrected chi connectivity index (χ3v) is 4.17. The second kappa shape index (κ2) is 8.75. The van der Waals surface area contributed by atoms with Gasteiger partial charge >= 0.3 is 0 Å². The van der Waals surface area contributed by atoms with Crippen LogP contribution < -0.4 is 15.4 Å². The number of nitrogens with one attached hydrogen (secondary N) is 2. The Kier molecular flexibility index (Phi) is 6.68. The minimum Gasteiger partial charge on any atom is -0.497 e. The van der Waals surface area contributed by atoms with Gasteiger partial charge in [0.1, 0.15) is 5.75 Å². The lowest BCUT2D eigenvalue weighted by Crippen LogP contribution is -2.29. The molecule has 0 radical (unpaired) electrons. The maximum Gasteiger partial charge on any atom is 0.170 e. The van der Waals surface area contributed by atoms with E-state index in [9.17, 15) is 0 Å². The number of methoxy groups -OCH3 is 1. The van der Waals surface area contributed by atoms with Crippen molar-refractivity contribution in [3.05, 3.63) is 58.6 Å². The second-order valence-electron chi connectivity index (χ2n) is 5.30. The van der Waals surface area contributed by atoms with Crippen molar-refractivity contribution < 1.29 is 4.74 Å². The number of aryl methyl sites for hydroxylation is 2. The van der Waals surface area contributed by atoms with E-state index in [1.807, 2.05) is 37.3 Å². The minimum atomic E-state index is 0.611. The average Bonchev–Trinajstić information content (AvgIpc) is 2.55. The number of anilines is 1. The molecule has 5 heteroatoms. The molecular weight excluding hydrogens is 328 g/mol. The smallest absolute Gasteiger partial charge is 0.170 e. The molecule has 2 aromatic carbocycles. The zero-order chi connectivity index (χ0) is 16.7. The zero-order valence-electron chi connectivity index (χ0n) is 13.4. The Balaban J connectivity index is 1.70. The van der Waals surface area contributed by atoms with Gasteiger partial charge in [0.15, 0.2) is 5.11 Å². The van der Waals surface area contributed by atoms with Crippen LogP contribution in [0.2, 0.25) is 5.02 Å². The number of hydrogen-bond donors (Lipinski definition) is 2. The van der Waals surface area contributed by atoms with Crippen LogP contribution in [-0.2, 0) is 6.42 Å². The van der Waals surface area contributed by atoms with Crippen molar-refractivity contribution in [3.63, 3.8) is 0 Å². The highest BCUT2D eigenvalue weighted by Gasteiger charge is 2.01. The van der Waals surface area contributed by atoms with Crippen molar-refractivity contribution in [2.45, 2.75) is 19.8 Å². The molecule has 0 aromatic heterocycles. The Morgan fingerprint density at radius 1 is 1.17 bits per heavy atom. The largest absolute Gasteiger partial charge is 0.497 e. The lowest BCUT2D eigenvalue weighted by atomic mass is 10.1. The van der Waals surface area contributed by atoms with Crippen LogP contribution in [0.3, 0.4) is 0 Å². The lowest BCUT2D eigenvalue weighted by Gasteiger charge is -2.11. The summed E-state index contributed by atoms with van der Waals surface area (Å²) in [5, 5.41) is 7.70. The SMILES string of the molecule is COc1ccc(CCCNC(=S)Nc2ccc(C)c(Cl)c2)cc1. The number of rotatable bonds is 6. The first-order chi connectivity index (χ1) is 11.1. The van der Waals surface area contributed by atoms with Crippen molar-refractivity contribution in [2.24, 2.45) is 0 Å². The predicted molar refractivity (Wildman–Crippen MR) is 102 cm³/mol. The molecule has 122 valence electrons. The third kappa shape index (κ3) is 5.73. The first kappa shape index (κ1) is 17.6. The fraction of sp³-hybridized carbons (Fsp3) is 0.278. The molecule has 0 fully saturated rings. The molecule has 0 aliphatic heterocycles. The van der Waals surface area contributed by atoms with Crippen LogP contribution in [0.15, 0.2) is 42.5 Å². The van der Waals surface area contributed by atoms with Crippen LogP contribution in [-0.4, -0.2) is 18.8 Å². The third-order valence-electron chi connectivity index (χ3n) is 3.52. The van der Waals surface area contributed by atoms with Gasteiger partial charge < -0.3 is 15.4 Å². The van der Waals surface area contributed by atoms with Crippen LogP contribution in [0.25, 0.3) is 0 Å². The molecule has 0 saturated heterocycles. The highest BCUT2D eigenvalue weighted by atomic mass is 35.5. The summed E-state index contributed by atoms with van der Waals surface area (Å²) in [6.07, 6.45) is 2.00. The second-order valence-corrected chi connectivity index (χ2v) is 6.11. The van der Waals surface area contributed by atoms with Gasteiger partial charge in [0.2, 0.25) is 0 Å². The summed E-state index contributed by atoms with van der Waals surface area (Å²) >= 11 is 11.4. The average molecular weight is 349 g/mol. The van der Waals surface area contributed by atoms with Gasteiger partial charge in [-0.25, -0.2) is 0 Å². The first-order valence-electron chi connectivity index (χ1n) is 7.52. The molecule has 0 aliphatic rings. The van der Waals surface area contributed by atoms with Gasteiger partial charge in [0, 0.05) is 17.3 Å². The monoisotopic (exact) mass is 348 g/mol. The minimum absolute atomic E-state index is 0.611. The van der Waals surface area contributed by atoms with E-state index in [2.05, 4.69) is 22.8 Å². The van der Waals surface area contributed by atoms with E-state index < -0.39 is 0 Å². The van der Waals surface area contributed by atoms with Crippen LogP contribution >= 0.6 is 23.8 Å². The number of ether oxygens (including phenoxy) is 1. The van der Waals surface area contributed by atoms with E-state index in [-0.39, 0.29) is 0 Å². The summed E-state index contributed by atoms with van der Waals surface area (Å²) < 4.78 is 5.15. The van der Waals surface area contributed by atoms with E-state index in [1.165, 1.54) is 5.56 Å². The van der Waals surface area contributed by atoms with Crippen molar-refractivity contribution in [2.75, 3.05) is 19.0 Å². The van der Waals surface area contributed by atoms with Gasteiger partial charge in [0.05, 0.1) is 7.11 Å². The maximum atomic E-state index is 6.10. The first-order valence-corrected chi connectivity index (χ1v) is 8.31. The standard InChI is InChI=1S/C18H21ClN2OS/c1-13-5-8-15(12-17(13)19)21-18(23)20-11-3-4-14-6-9-16(22-2)10-7-14/h5-10,12H,3-4,11H2,1-2H3,(H2,20,21,23). The summed E-state index contributed by atoms with van der Waals surface area (Å²) in [4.78, 5) is 0. The molecule has 0 unspecified atom stereocenters. The van der Waals surface area contributed by atoms with E-state index in [4.69, 9.17) is 28.6 Å². The summed E-state index contributed by atoms with van der Waals surface area (Å²) in [5.41, 5.74) is 3.24. The number of benzene rings is 2. The van der Waals surface area contributed by atoms with Gasteiger partial charge in [-0.3, -0.25) is 0 Å². The van der Waals surface area contributed by atoms with E-state index in [1.54, 1.807) is 7.11 Å². The van der Waals surface area contributed by atoms with Gasteiger partial charge in [0.25, 0.3) is 0 Å². The van der Waals surface area contributed by atoms with Gasteiger partial charge in [-0.15, -0.1) is 0 Å². The Hall–Kier alpha value is -1.78. The van der Waals surface area contributed by atoms with E-state index >= 15 is 0 Å². The van der Waals surface area contributed by atoms with Crippen molar-refractivity contribution in [3.8, 4) is 5.75 Å². The van der Waals surface area contributed by atoms with Crippen LogP contribution in [0.5, 0.6) is 5.75 Å². The lowest BCUT2D eigenvalue weighted by molar-refractivity contribution is 0.414. The quantitative estimate of drug-likeness (QED) is 0.591. The Labute approximate surface area is 148 Å². The summed E-state index contributed by atoms with van der Waals surface area (Å²) in [6.45, 7) is 2.79. The Morgan fingerprint density at radius 3 is 2.57 bits per heavy atom. The Morgan fingerprint density at radius 2 is 1.91 bits per heavy atom. The molecule has 0 heterocycles. The molecule has 2 aromatic rings. The van der Waals surface area contributed by atoms with Crippen molar-refractivity contribution in [1.29, 1.82) is 0 Å². The van der Waals surface area contributed by atoms with Gasteiger partial charge in [-0.1, -0.05) is 29.8 Å². The van der Waals surface area contributed by atoms with Gasteiger partial charge in [-0.05, 0) is 67.4 Å². The predicted octanol–water partition coefficient (Wildman–Crippen LogP) is 4.58. The van der Waals surface area contributed by atoms with Crippen molar-refractivity contribution >= 4 is 34.6 Å². The molecule has 0 amide bonds. The summed E-state index contributed by atoms with van der Waals surface area (Å²) in [7, 11) is 1.67.